The van der Waals surface area contributed by atoms with E-state index in [-0.39, 0.29) is 5.04 Å². The number of thioether (sulfide) groups is 2. The maximum Gasteiger partial charge on any atom is 0.192 e. The van der Waals surface area contributed by atoms with Gasteiger partial charge in [-0.3, -0.25) is 0 Å². The Morgan fingerprint density at radius 1 is 1.14 bits per heavy atom. The van der Waals surface area contributed by atoms with E-state index < -0.39 is 8.32 Å². The Balaban J connectivity index is 2.10. The van der Waals surface area contributed by atoms with Gasteiger partial charge in [0, 0.05) is 0 Å². The Kier molecular flexibility index (Phi) is 5.91. The maximum atomic E-state index is 6.43. The molecule has 0 radical (unpaired) electrons. The van der Waals surface area contributed by atoms with Crippen molar-refractivity contribution in [3.8, 4) is 0 Å². The van der Waals surface area contributed by atoms with Gasteiger partial charge in [-0.1, -0.05) is 45.0 Å². The molecule has 21 heavy (non-hydrogen) atoms. The first-order valence-corrected chi connectivity index (χ1v) is 12.8. The number of benzene rings is 1. The van der Waals surface area contributed by atoms with Crippen LogP contribution in [0.3, 0.4) is 0 Å². The predicted molar refractivity (Wildman–Crippen MR) is 101 cm³/mol. The van der Waals surface area contributed by atoms with E-state index in [4.69, 9.17) is 4.43 Å². The zero-order valence-corrected chi connectivity index (χ0v) is 16.6. The van der Waals surface area contributed by atoms with Crippen LogP contribution in [0.15, 0.2) is 24.3 Å². The minimum Gasteiger partial charge on any atom is -0.413 e. The summed E-state index contributed by atoms with van der Waals surface area (Å²) in [6, 6.07) is 8.85. The van der Waals surface area contributed by atoms with Gasteiger partial charge < -0.3 is 4.43 Å². The third-order valence-corrected chi connectivity index (χ3v) is 12.0. The van der Waals surface area contributed by atoms with Crippen molar-refractivity contribution in [2.24, 2.45) is 0 Å². The molecule has 118 valence electrons. The molecule has 1 aromatic carbocycles. The summed E-state index contributed by atoms with van der Waals surface area (Å²) in [5.41, 5.74) is 2.86. The number of hydrogen-bond donors (Lipinski definition) is 0. The van der Waals surface area contributed by atoms with Gasteiger partial charge in [0.05, 0.1) is 11.2 Å². The zero-order chi connectivity index (χ0) is 15.5. The lowest BCUT2D eigenvalue weighted by atomic mass is 10.1. The molecular formula is C17H28OS2Si. The highest BCUT2D eigenvalue weighted by atomic mass is 32.2. The van der Waals surface area contributed by atoms with Gasteiger partial charge in [-0.05, 0) is 47.2 Å². The van der Waals surface area contributed by atoms with E-state index in [2.05, 4.69) is 81.7 Å². The van der Waals surface area contributed by atoms with Gasteiger partial charge in [0.1, 0.15) is 0 Å². The van der Waals surface area contributed by atoms with Crippen molar-refractivity contribution < 1.29 is 4.43 Å². The summed E-state index contributed by atoms with van der Waals surface area (Å²) in [6.07, 6.45) is 1.34. The molecule has 1 aromatic rings. The summed E-state index contributed by atoms with van der Waals surface area (Å²) in [7, 11) is -1.67. The largest absolute Gasteiger partial charge is 0.413 e. The fraction of sp³-hybridized carbons (Fsp3) is 0.647. The Morgan fingerprint density at radius 3 is 2.38 bits per heavy atom. The average molecular weight is 341 g/mol. The molecule has 0 atom stereocenters. The molecule has 0 amide bonds. The quantitative estimate of drug-likeness (QED) is 0.615. The third-order valence-electron chi connectivity index (χ3n) is 4.53. The second-order valence-electron chi connectivity index (χ2n) is 7.17. The van der Waals surface area contributed by atoms with E-state index >= 15 is 0 Å². The summed E-state index contributed by atoms with van der Waals surface area (Å²) in [5, 5.41) is 0.274. The summed E-state index contributed by atoms with van der Waals surface area (Å²) >= 11 is 4.18. The summed E-state index contributed by atoms with van der Waals surface area (Å²) in [6.45, 7) is 12.3. The van der Waals surface area contributed by atoms with Gasteiger partial charge in [0.2, 0.25) is 0 Å². The minimum absolute atomic E-state index is 0.274. The van der Waals surface area contributed by atoms with Crippen molar-refractivity contribution in [2.45, 2.75) is 56.5 Å². The Hall–Kier alpha value is 0.0969. The molecule has 1 heterocycles. The smallest absolute Gasteiger partial charge is 0.192 e. The lowest BCUT2D eigenvalue weighted by Gasteiger charge is -2.36. The van der Waals surface area contributed by atoms with Crippen LogP contribution >= 0.6 is 23.5 Å². The first-order chi connectivity index (χ1) is 9.81. The highest BCUT2D eigenvalue weighted by Crippen LogP contribution is 2.45. The third kappa shape index (κ3) is 4.53. The maximum absolute atomic E-state index is 6.43. The van der Waals surface area contributed by atoms with Gasteiger partial charge in [-0.15, -0.1) is 23.5 Å². The Morgan fingerprint density at radius 2 is 1.76 bits per heavy atom. The summed E-state index contributed by atoms with van der Waals surface area (Å²) < 4.78 is 7.03. The van der Waals surface area contributed by atoms with Gasteiger partial charge in [-0.25, -0.2) is 0 Å². The zero-order valence-electron chi connectivity index (χ0n) is 13.9. The molecule has 0 unspecified atom stereocenters. The lowest BCUT2D eigenvalue weighted by Crippen LogP contribution is -2.40. The van der Waals surface area contributed by atoms with E-state index in [0.29, 0.717) is 4.58 Å². The Bertz CT molecular complexity index is 462. The van der Waals surface area contributed by atoms with Crippen LogP contribution in [0, 0.1) is 0 Å². The molecule has 0 spiro atoms. The van der Waals surface area contributed by atoms with Gasteiger partial charge >= 0.3 is 0 Å². The summed E-state index contributed by atoms with van der Waals surface area (Å²) in [5.74, 6) is 2.57. The van der Waals surface area contributed by atoms with E-state index in [1.54, 1.807) is 0 Å². The van der Waals surface area contributed by atoms with Crippen LogP contribution < -0.4 is 0 Å². The van der Waals surface area contributed by atoms with Crippen molar-refractivity contribution >= 4 is 31.8 Å². The fourth-order valence-electron chi connectivity index (χ4n) is 2.04. The van der Waals surface area contributed by atoms with Gasteiger partial charge in [0.25, 0.3) is 0 Å². The molecule has 1 saturated heterocycles. The van der Waals surface area contributed by atoms with Gasteiger partial charge in [-0.2, -0.15) is 0 Å². The van der Waals surface area contributed by atoms with Crippen molar-refractivity contribution in [1.82, 2.24) is 0 Å². The second-order valence-corrected chi connectivity index (χ2v) is 14.7. The highest BCUT2D eigenvalue weighted by molar-refractivity contribution is 8.16. The molecule has 1 fully saturated rings. The lowest BCUT2D eigenvalue weighted by molar-refractivity contribution is 0.275. The minimum atomic E-state index is -1.67. The number of hydrogen-bond acceptors (Lipinski definition) is 3. The van der Waals surface area contributed by atoms with E-state index in [1.807, 2.05) is 0 Å². The van der Waals surface area contributed by atoms with Crippen molar-refractivity contribution in [1.29, 1.82) is 0 Å². The van der Waals surface area contributed by atoms with E-state index in [9.17, 15) is 0 Å². The normalized spacial score (nSPS) is 18.0. The molecule has 0 N–H and O–H groups in total. The fourth-order valence-corrected chi connectivity index (χ4v) is 6.00. The van der Waals surface area contributed by atoms with Crippen LogP contribution in [-0.4, -0.2) is 19.8 Å². The van der Waals surface area contributed by atoms with Crippen LogP contribution in [0.5, 0.6) is 0 Å². The van der Waals surface area contributed by atoms with Crippen LogP contribution in [0.4, 0.5) is 0 Å². The van der Waals surface area contributed by atoms with Crippen molar-refractivity contribution in [3.63, 3.8) is 0 Å². The first kappa shape index (κ1) is 17.5. The highest BCUT2D eigenvalue weighted by Gasteiger charge is 2.37. The number of rotatable bonds is 4. The molecule has 2 rings (SSSR count). The molecule has 1 nitrogen and oxygen atoms in total. The predicted octanol–water partition coefficient (Wildman–Crippen LogP) is 6.08. The summed E-state index contributed by atoms with van der Waals surface area (Å²) in [4.78, 5) is 0. The monoisotopic (exact) mass is 340 g/mol. The van der Waals surface area contributed by atoms with E-state index in [1.165, 1.54) is 29.1 Å². The Labute approximate surface area is 139 Å². The van der Waals surface area contributed by atoms with Gasteiger partial charge in [0.15, 0.2) is 8.32 Å². The van der Waals surface area contributed by atoms with Crippen LogP contribution in [0.25, 0.3) is 0 Å². The molecule has 0 aliphatic carbocycles. The van der Waals surface area contributed by atoms with E-state index in [0.717, 1.165) is 6.61 Å². The van der Waals surface area contributed by atoms with Crippen LogP contribution in [0.2, 0.25) is 18.1 Å². The molecule has 0 aromatic heterocycles. The average Bonchev–Trinajstić information content (AvgIpc) is 2.45. The topological polar surface area (TPSA) is 9.23 Å². The second kappa shape index (κ2) is 7.11. The molecule has 4 heteroatoms. The van der Waals surface area contributed by atoms with Crippen molar-refractivity contribution in [2.75, 3.05) is 11.5 Å². The molecule has 0 saturated carbocycles. The van der Waals surface area contributed by atoms with Crippen LogP contribution in [0.1, 0.15) is 42.9 Å². The molecule has 1 aliphatic heterocycles. The molecular weight excluding hydrogens is 312 g/mol. The van der Waals surface area contributed by atoms with Crippen molar-refractivity contribution in [3.05, 3.63) is 35.4 Å². The standard InChI is InChI=1S/C17H28OS2Si/c1-17(2,3)21(4,5)18-13-14-9-6-7-10-15(14)16-19-11-8-12-20-16/h6-7,9-10,16H,8,11-13H2,1-5H3. The first-order valence-electron chi connectivity index (χ1n) is 7.76. The SMILES string of the molecule is CC(C)(C)[Si](C)(C)OCc1ccccc1C1SCCCS1. The molecule has 0 bridgehead atoms. The van der Waals surface area contributed by atoms with Crippen LogP contribution in [-0.2, 0) is 11.0 Å². The molecule has 1 aliphatic rings.